The van der Waals surface area contributed by atoms with Gasteiger partial charge >= 0.3 is 5.69 Å². The van der Waals surface area contributed by atoms with Crippen LogP contribution in [0.15, 0.2) is 9.59 Å². The lowest BCUT2D eigenvalue weighted by Gasteiger charge is -2.01. The number of fused-ring (bicyclic) bond motifs is 1. The highest BCUT2D eigenvalue weighted by atomic mass is 16.5. The number of nitrogens with one attached hydrogen (secondary N) is 1. The zero-order valence-corrected chi connectivity index (χ0v) is 10.3. The highest BCUT2D eigenvalue weighted by Gasteiger charge is 2.23. The van der Waals surface area contributed by atoms with Crippen LogP contribution in [0.1, 0.15) is 18.2 Å². The van der Waals surface area contributed by atoms with E-state index in [2.05, 4.69) is 9.97 Å². The number of aromatic amines is 1. The van der Waals surface area contributed by atoms with E-state index in [0.717, 1.165) is 16.8 Å². The number of hydrogen-bond acceptors (Lipinski definition) is 4. The molecule has 0 spiro atoms. The Morgan fingerprint density at radius 2 is 2.11 bits per heavy atom. The number of ether oxygens (including phenoxy) is 1. The molecule has 0 bridgehead atoms. The maximum atomic E-state index is 12.0. The summed E-state index contributed by atoms with van der Waals surface area (Å²) in [6.07, 6.45) is 0.883. The van der Waals surface area contributed by atoms with E-state index in [1.54, 1.807) is 7.05 Å². The summed E-state index contributed by atoms with van der Waals surface area (Å²) in [5, 5.41) is 0. The van der Waals surface area contributed by atoms with Crippen LogP contribution < -0.4 is 11.2 Å². The lowest BCUT2D eigenvalue weighted by molar-refractivity contribution is 0.193. The van der Waals surface area contributed by atoms with Gasteiger partial charge in [-0.1, -0.05) is 0 Å². The Balaban J connectivity index is 2.29. The van der Waals surface area contributed by atoms with Crippen molar-refractivity contribution in [3.8, 4) is 0 Å². The van der Waals surface area contributed by atoms with E-state index in [1.165, 1.54) is 11.6 Å². The van der Waals surface area contributed by atoms with E-state index < -0.39 is 0 Å². The van der Waals surface area contributed by atoms with E-state index in [1.807, 2.05) is 0 Å². The Morgan fingerprint density at radius 1 is 1.33 bits per heavy atom. The summed E-state index contributed by atoms with van der Waals surface area (Å²) < 4.78 is 7.76. The van der Waals surface area contributed by atoms with E-state index in [0.29, 0.717) is 24.4 Å². The van der Waals surface area contributed by atoms with Crippen molar-refractivity contribution in [3.05, 3.63) is 26.7 Å². The minimum atomic E-state index is -0.367. The number of aryl methyl sites for hydroxylation is 1. The average Bonchev–Trinajstić information content (AvgIpc) is 3.01. The lowest BCUT2D eigenvalue weighted by Crippen LogP contribution is -2.36. The predicted octanol–water partition coefficient (Wildman–Crippen LogP) is -0.536. The van der Waals surface area contributed by atoms with E-state index in [9.17, 15) is 9.59 Å². The van der Waals surface area contributed by atoms with Crippen molar-refractivity contribution in [3.63, 3.8) is 0 Å². The third kappa shape index (κ3) is 1.43. The molecule has 7 heteroatoms. The number of imidazole rings is 1. The van der Waals surface area contributed by atoms with Gasteiger partial charge < -0.3 is 9.72 Å². The highest BCUT2D eigenvalue weighted by Crippen LogP contribution is 2.23. The van der Waals surface area contributed by atoms with Gasteiger partial charge in [0.1, 0.15) is 11.3 Å². The third-order valence-corrected chi connectivity index (χ3v) is 3.43. The fraction of sp³-hybridized carbons (Fsp3) is 0.545. The number of H-pyrrole nitrogens is 1. The van der Waals surface area contributed by atoms with E-state index >= 15 is 0 Å². The molecule has 0 aromatic carbocycles. The average molecular weight is 250 g/mol. The van der Waals surface area contributed by atoms with Crippen molar-refractivity contribution in [2.24, 2.45) is 14.1 Å². The molecule has 1 saturated heterocycles. The first-order chi connectivity index (χ1) is 8.59. The topological polar surface area (TPSA) is 81.9 Å². The van der Waals surface area contributed by atoms with Gasteiger partial charge in [-0.3, -0.25) is 13.9 Å². The van der Waals surface area contributed by atoms with Crippen LogP contribution in [-0.4, -0.2) is 32.3 Å². The first kappa shape index (κ1) is 11.2. The zero-order valence-electron chi connectivity index (χ0n) is 10.3. The van der Waals surface area contributed by atoms with Crippen molar-refractivity contribution in [2.75, 3.05) is 13.2 Å². The van der Waals surface area contributed by atoms with Crippen molar-refractivity contribution in [1.82, 2.24) is 19.1 Å². The number of nitrogens with zero attached hydrogens (tertiary/aromatic N) is 3. The highest BCUT2D eigenvalue weighted by molar-refractivity contribution is 5.69. The van der Waals surface area contributed by atoms with Crippen molar-refractivity contribution in [1.29, 1.82) is 0 Å². The second-order valence-electron chi connectivity index (χ2n) is 4.59. The molecule has 1 aliphatic heterocycles. The van der Waals surface area contributed by atoms with Gasteiger partial charge in [-0.25, -0.2) is 9.78 Å². The molecular weight excluding hydrogens is 236 g/mol. The molecule has 2 aromatic rings. The van der Waals surface area contributed by atoms with Gasteiger partial charge in [0.25, 0.3) is 5.56 Å². The van der Waals surface area contributed by atoms with Crippen molar-refractivity contribution >= 4 is 11.2 Å². The molecule has 1 atom stereocenters. The van der Waals surface area contributed by atoms with Gasteiger partial charge in [0.05, 0.1) is 6.61 Å². The molecule has 18 heavy (non-hydrogen) atoms. The molecule has 1 N–H and O–H groups in total. The fourth-order valence-electron chi connectivity index (χ4n) is 2.29. The first-order valence-corrected chi connectivity index (χ1v) is 5.83. The molecule has 0 saturated carbocycles. The molecule has 0 radical (unpaired) electrons. The first-order valence-electron chi connectivity index (χ1n) is 5.83. The molecule has 1 unspecified atom stereocenters. The fourth-order valence-corrected chi connectivity index (χ4v) is 2.29. The summed E-state index contributed by atoms with van der Waals surface area (Å²) in [6, 6.07) is 0. The molecule has 7 nitrogen and oxygen atoms in total. The van der Waals surface area contributed by atoms with Crippen molar-refractivity contribution < 1.29 is 4.74 Å². The molecule has 96 valence electrons. The summed E-state index contributed by atoms with van der Waals surface area (Å²) in [4.78, 5) is 31.2. The predicted molar refractivity (Wildman–Crippen MR) is 64.8 cm³/mol. The standard InChI is InChI=1S/C11H14N4O3/c1-14-9-7(10(16)15(2)11(14)17)12-8(13-9)6-3-4-18-5-6/h6H,3-5H2,1-2H3,(H,12,13). The third-order valence-electron chi connectivity index (χ3n) is 3.43. The summed E-state index contributed by atoms with van der Waals surface area (Å²) in [6.45, 7) is 1.31. The van der Waals surface area contributed by atoms with Crippen LogP contribution in [-0.2, 0) is 18.8 Å². The Labute approximate surface area is 102 Å². The smallest absolute Gasteiger partial charge is 0.332 e. The molecule has 3 heterocycles. The number of hydrogen-bond donors (Lipinski definition) is 1. The molecule has 1 fully saturated rings. The maximum absolute atomic E-state index is 12.0. The summed E-state index contributed by atoms with van der Waals surface area (Å²) in [5.74, 6) is 0.901. The largest absolute Gasteiger partial charge is 0.381 e. The Kier molecular flexibility index (Phi) is 2.37. The molecule has 2 aromatic heterocycles. The number of rotatable bonds is 1. The van der Waals surface area contributed by atoms with Gasteiger partial charge in [-0.05, 0) is 6.42 Å². The van der Waals surface area contributed by atoms with Crippen LogP contribution in [0.3, 0.4) is 0 Å². The monoisotopic (exact) mass is 250 g/mol. The zero-order chi connectivity index (χ0) is 12.9. The summed E-state index contributed by atoms with van der Waals surface area (Å²) in [7, 11) is 3.07. The van der Waals surface area contributed by atoms with Gasteiger partial charge in [-0.15, -0.1) is 0 Å². The Hall–Kier alpha value is -1.89. The number of aromatic nitrogens is 4. The SMILES string of the molecule is Cn1c(=O)c2[nH]c(C3CCOC3)nc2n(C)c1=O. The normalized spacial score (nSPS) is 19.8. The van der Waals surface area contributed by atoms with Crippen LogP contribution in [0.2, 0.25) is 0 Å². The molecular formula is C11H14N4O3. The molecule has 0 amide bonds. The van der Waals surface area contributed by atoms with Crippen LogP contribution >= 0.6 is 0 Å². The second-order valence-corrected chi connectivity index (χ2v) is 4.59. The Bertz CT molecular complexity index is 718. The molecule has 0 aliphatic carbocycles. The van der Waals surface area contributed by atoms with Crippen LogP contribution in [0.4, 0.5) is 0 Å². The van der Waals surface area contributed by atoms with Gasteiger partial charge in [-0.2, -0.15) is 0 Å². The van der Waals surface area contributed by atoms with E-state index in [4.69, 9.17) is 4.74 Å². The second kappa shape index (κ2) is 3.81. The van der Waals surface area contributed by atoms with E-state index in [-0.39, 0.29) is 17.2 Å². The van der Waals surface area contributed by atoms with Crippen LogP contribution in [0, 0.1) is 0 Å². The lowest BCUT2D eigenvalue weighted by atomic mass is 10.1. The summed E-state index contributed by atoms with van der Waals surface area (Å²) >= 11 is 0. The van der Waals surface area contributed by atoms with Gasteiger partial charge in [0.15, 0.2) is 5.65 Å². The maximum Gasteiger partial charge on any atom is 0.332 e. The van der Waals surface area contributed by atoms with Crippen molar-refractivity contribution in [2.45, 2.75) is 12.3 Å². The Morgan fingerprint density at radius 3 is 2.78 bits per heavy atom. The quantitative estimate of drug-likeness (QED) is 0.737. The van der Waals surface area contributed by atoms with Gasteiger partial charge in [0, 0.05) is 26.6 Å². The summed E-state index contributed by atoms with van der Waals surface area (Å²) in [5.41, 5.74) is 0.0745. The van der Waals surface area contributed by atoms with Gasteiger partial charge in [0.2, 0.25) is 0 Å². The molecule has 1 aliphatic rings. The van der Waals surface area contributed by atoms with Crippen LogP contribution in [0.5, 0.6) is 0 Å². The van der Waals surface area contributed by atoms with Crippen LogP contribution in [0.25, 0.3) is 11.2 Å². The molecule has 3 rings (SSSR count). The minimum Gasteiger partial charge on any atom is -0.381 e. The minimum absolute atomic E-state index is 0.178.